The molecule has 1 aliphatic rings. The van der Waals surface area contributed by atoms with Crippen LogP contribution < -0.4 is 10.1 Å². The van der Waals surface area contributed by atoms with Crippen LogP contribution in [0.2, 0.25) is 0 Å². The van der Waals surface area contributed by atoms with Crippen LogP contribution >= 0.6 is 27.3 Å². The molecule has 1 N–H and O–H groups in total. The standard InChI is InChI=1S/C21H22BrN3O4S/c1-3-29-21(27)25-9-8-15-16(11-23)20(30-18(15)12-25)24-19(26)7-4-13-10-14(22)5-6-17(13)28-2/h5-6,10H,3-4,7-9,12H2,1-2H3,(H,24,26). The second-order valence-corrected chi connectivity index (χ2v) is 8.72. The van der Waals surface area contributed by atoms with Crippen molar-refractivity contribution in [2.24, 2.45) is 0 Å². The SMILES string of the molecule is CCOC(=O)N1CCc2c(sc(NC(=O)CCc3cc(Br)ccc3OC)c2C#N)C1. The quantitative estimate of drug-likeness (QED) is 0.642. The van der Waals surface area contributed by atoms with Crippen LogP contribution in [0.4, 0.5) is 9.80 Å². The number of ether oxygens (including phenoxy) is 2. The molecule has 2 heterocycles. The number of thiophene rings is 1. The fraction of sp³-hybridized carbons (Fsp3) is 0.381. The Labute approximate surface area is 187 Å². The number of carbonyl (C=O) groups is 2. The van der Waals surface area contributed by atoms with Crippen molar-refractivity contribution in [1.29, 1.82) is 5.26 Å². The summed E-state index contributed by atoms with van der Waals surface area (Å²) in [5.41, 5.74) is 2.33. The molecule has 1 aromatic heterocycles. The number of methoxy groups -OCH3 is 1. The third-order valence-electron chi connectivity index (χ3n) is 4.81. The minimum Gasteiger partial charge on any atom is -0.496 e. The molecule has 158 valence electrons. The summed E-state index contributed by atoms with van der Waals surface area (Å²) >= 11 is 4.78. The largest absolute Gasteiger partial charge is 0.496 e. The normalized spacial score (nSPS) is 12.7. The molecule has 7 nitrogen and oxygen atoms in total. The smallest absolute Gasteiger partial charge is 0.410 e. The molecule has 0 unspecified atom stereocenters. The Hall–Kier alpha value is -2.57. The van der Waals surface area contributed by atoms with Gasteiger partial charge in [0.05, 0.1) is 25.8 Å². The third-order valence-corrected chi connectivity index (χ3v) is 6.44. The second kappa shape index (κ2) is 9.96. The highest BCUT2D eigenvalue weighted by molar-refractivity contribution is 9.10. The van der Waals surface area contributed by atoms with Gasteiger partial charge < -0.3 is 19.7 Å². The Bertz CT molecular complexity index is 999. The molecule has 30 heavy (non-hydrogen) atoms. The lowest BCUT2D eigenvalue weighted by atomic mass is 10.0. The van der Waals surface area contributed by atoms with E-state index in [1.807, 2.05) is 18.2 Å². The van der Waals surface area contributed by atoms with E-state index in [2.05, 4.69) is 27.3 Å². The zero-order valence-electron chi connectivity index (χ0n) is 16.8. The van der Waals surface area contributed by atoms with E-state index in [9.17, 15) is 14.9 Å². The zero-order chi connectivity index (χ0) is 21.7. The number of benzene rings is 1. The maximum absolute atomic E-state index is 12.6. The predicted octanol–water partition coefficient (Wildman–Crippen LogP) is 4.48. The van der Waals surface area contributed by atoms with Crippen molar-refractivity contribution < 1.29 is 19.1 Å². The minimum atomic E-state index is -0.358. The van der Waals surface area contributed by atoms with Crippen molar-refractivity contribution in [1.82, 2.24) is 4.90 Å². The van der Waals surface area contributed by atoms with Crippen molar-refractivity contribution in [2.75, 3.05) is 25.6 Å². The molecule has 0 saturated heterocycles. The second-order valence-electron chi connectivity index (χ2n) is 6.69. The molecule has 0 spiro atoms. The number of amides is 2. The lowest BCUT2D eigenvalue weighted by molar-refractivity contribution is -0.116. The highest BCUT2D eigenvalue weighted by Crippen LogP contribution is 2.37. The number of carbonyl (C=O) groups excluding carboxylic acids is 2. The molecule has 0 radical (unpaired) electrons. The molecule has 0 bridgehead atoms. The Kier molecular flexibility index (Phi) is 7.34. The molecule has 0 fully saturated rings. The first-order valence-electron chi connectivity index (χ1n) is 9.55. The van der Waals surface area contributed by atoms with Crippen LogP contribution in [0, 0.1) is 11.3 Å². The van der Waals surface area contributed by atoms with Gasteiger partial charge in [-0.05, 0) is 49.1 Å². The highest BCUT2D eigenvalue weighted by atomic mass is 79.9. The molecule has 2 amide bonds. The maximum Gasteiger partial charge on any atom is 0.410 e. The Morgan fingerprint density at radius 3 is 2.90 bits per heavy atom. The molecule has 1 aromatic carbocycles. The first kappa shape index (κ1) is 22.1. The van der Waals surface area contributed by atoms with Crippen LogP contribution in [0.5, 0.6) is 5.75 Å². The van der Waals surface area contributed by atoms with Gasteiger partial charge in [-0.1, -0.05) is 15.9 Å². The van der Waals surface area contributed by atoms with E-state index < -0.39 is 0 Å². The fourth-order valence-electron chi connectivity index (χ4n) is 3.36. The van der Waals surface area contributed by atoms with Gasteiger partial charge in [0.1, 0.15) is 16.8 Å². The van der Waals surface area contributed by atoms with Crippen molar-refractivity contribution >= 4 is 44.3 Å². The molecule has 0 saturated carbocycles. The van der Waals surface area contributed by atoms with E-state index >= 15 is 0 Å². The molecule has 3 rings (SSSR count). The lowest BCUT2D eigenvalue weighted by Crippen LogP contribution is -2.35. The molecule has 1 aliphatic heterocycles. The van der Waals surface area contributed by atoms with Gasteiger partial charge in [0.25, 0.3) is 0 Å². The summed E-state index contributed by atoms with van der Waals surface area (Å²) < 4.78 is 11.3. The number of hydrogen-bond donors (Lipinski definition) is 1. The average Bonchev–Trinajstić information content (AvgIpc) is 3.08. The maximum atomic E-state index is 12.6. The van der Waals surface area contributed by atoms with Gasteiger partial charge in [0, 0.05) is 22.3 Å². The first-order valence-corrected chi connectivity index (χ1v) is 11.2. The van der Waals surface area contributed by atoms with Crippen LogP contribution in [0.3, 0.4) is 0 Å². The van der Waals surface area contributed by atoms with Gasteiger partial charge in [-0.2, -0.15) is 5.26 Å². The van der Waals surface area contributed by atoms with Crippen LogP contribution in [-0.4, -0.2) is 37.2 Å². The van der Waals surface area contributed by atoms with Crippen molar-refractivity contribution in [3.63, 3.8) is 0 Å². The predicted molar refractivity (Wildman–Crippen MR) is 118 cm³/mol. The summed E-state index contributed by atoms with van der Waals surface area (Å²) in [5, 5.41) is 13.0. The molecule has 9 heteroatoms. The Morgan fingerprint density at radius 1 is 1.40 bits per heavy atom. The van der Waals surface area contributed by atoms with E-state index in [1.54, 1.807) is 18.9 Å². The Morgan fingerprint density at radius 2 is 2.20 bits per heavy atom. The lowest BCUT2D eigenvalue weighted by Gasteiger charge is -2.25. The summed E-state index contributed by atoms with van der Waals surface area (Å²) in [7, 11) is 1.60. The molecular formula is C21H22BrN3O4S. The van der Waals surface area contributed by atoms with Gasteiger partial charge in [0.15, 0.2) is 0 Å². The van der Waals surface area contributed by atoms with Crippen molar-refractivity contribution in [3.05, 3.63) is 44.2 Å². The van der Waals surface area contributed by atoms with E-state index in [1.165, 1.54) is 11.3 Å². The van der Waals surface area contributed by atoms with Gasteiger partial charge in [0.2, 0.25) is 5.91 Å². The highest BCUT2D eigenvalue weighted by Gasteiger charge is 2.28. The zero-order valence-corrected chi connectivity index (χ0v) is 19.2. The summed E-state index contributed by atoms with van der Waals surface area (Å²) in [5.74, 6) is 0.559. The molecular weight excluding hydrogens is 470 g/mol. The topological polar surface area (TPSA) is 91.7 Å². The van der Waals surface area contributed by atoms with E-state index in [0.29, 0.717) is 43.1 Å². The molecule has 0 aliphatic carbocycles. The van der Waals surface area contributed by atoms with Crippen molar-refractivity contribution in [2.45, 2.75) is 32.7 Å². The number of rotatable bonds is 6. The van der Waals surface area contributed by atoms with Crippen molar-refractivity contribution in [3.8, 4) is 11.8 Å². The number of nitriles is 1. The van der Waals surface area contributed by atoms with Gasteiger partial charge in [-0.3, -0.25) is 4.79 Å². The minimum absolute atomic E-state index is 0.172. The van der Waals surface area contributed by atoms with Crippen LogP contribution in [0.25, 0.3) is 0 Å². The summed E-state index contributed by atoms with van der Waals surface area (Å²) in [6.45, 7) is 2.97. The monoisotopic (exact) mass is 491 g/mol. The number of hydrogen-bond acceptors (Lipinski definition) is 6. The number of aryl methyl sites for hydroxylation is 1. The number of nitrogens with one attached hydrogen (secondary N) is 1. The van der Waals surface area contributed by atoms with Gasteiger partial charge in [-0.25, -0.2) is 4.79 Å². The Balaban J connectivity index is 1.69. The number of halogens is 1. The summed E-state index contributed by atoms with van der Waals surface area (Å²) in [6.07, 6.45) is 0.981. The number of fused-ring (bicyclic) bond motifs is 1. The number of nitrogens with zero attached hydrogens (tertiary/aromatic N) is 2. The third kappa shape index (κ3) is 4.94. The van der Waals surface area contributed by atoms with E-state index in [0.717, 1.165) is 26.2 Å². The fourth-order valence-corrected chi connectivity index (χ4v) is 5.00. The summed E-state index contributed by atoms with van der Waals surface area (Å²) in [6, 6.07) is 7.88. The average molecular weight is 492 g/mol. The van der Waals surface area contributed by atoms with Crippen LogP contribution in [-0.2, 0) is 28.9 Å². The molecule has 0 atom stereocenters. The molecule has 2 aromatic rings. The first-order chi connectivity index (χ1) is 14.5. The van der Waals surface area contributed by atoms with E-state index in [-0.39, 0.29) is 18.4 Å². The van der Waals surface area contributed by atoms with Crippen LogP contribution in [0.15, 0.2) is 22.7 Å². The van der Waals surface area contributed by atoms with E-state index in [4.69, 9.17) is 9.47 Å². The van der Waals surface area contributed by atoms with Gasteiger partial charge in [-0.15, -0.1) is 11.3 Å². The van der Waals surface area contributed by atoms with Crippen LogP contribution in [0.1, 0.15) is 34.9 Å². The number of anilines is 1. The van der Waals surface area contributed by atoms with Gasteiger partial charge >= 0.3 is 6.09 Å². The summed E-state index contributed by atoms with van der Waals surface area (Å²) in [4.78, 5) is 27.1.